The SMILES string of the molecule is Cc1ccc(OC2CCN(S(=O)(=O)CC(NC(=O)O)c3ccccc3)CC2)c([N+](=O)[O-])c1. The van der Waals surface area contributed by atoms with Gasteiger partial charge in [0.2, 0.25) is 10.0 Å². The van der Waals surface area contributed by atoms with Crippen LogP contribution in [0.1, 0.15) is 30.0 Å². The van der Waals surface area contributed by atoms with Gasteiger partial charge < -0.3 is 15.2 Å². The minimum atomic E-state index is -3.76. The quantitative estimate of drug-likeness (QED) is 0.453. The van der Waals surface area contributed by atoms with Gasteiger partial charge in [0.25, 0.3) is 0 Å². The van der Waals surface area contributed by atoms with E-state index in [-0.39, 0.29) is 30.6 Å². The first-order valence-corrected chi connectivity index (χ1v) is 11.7. The molecule has 3 rings (SSSR count). The smallest absolute Gasteiger partial charge is 0.405 e. The number of benzene rings is 2. The van der Waals surface area contributed by atoms with Crippen molar-refractivity contribution in [3.8, 4) is 5.75 Å². The van der Waals surface area contributed by atoms with Gasteiger partial charge in [-0.15, -0.1) is 0 Å². The maximum absolute atomic E-state index is 13.0. The van der Waals surface area contributed by atoms with Gasteiger partial charge in [-0.2, -0.15) is 0 Å². The predicted molar refractivity (Wildman–Crippen MR) is 117 cm³/mol. The number of hydrogen-bond acceptors (Lipinski definition) is 6. The highest BCUT2D eigenvalue weighted by atomic mass is 32.2. The van der Waals surface area contributed by atoms with Crippen LogP contribution in [0, 0.1) is 17.0 Å². The van der Waals surface area contributed by atoms with Crippen molar-refractivity contribution in [2.24, 2.45) is 0 Å². The Morgan fingerprint density at radius 1 is 1.25 bits per heavy atom. The average Bonchev–Trinajstić information content (AvgIpc) is 2.75. The van der Waals surface area contributed by atoms with Crippen LogP contribution in [0.4, 0.5) is 10.5 Å². The average molecular weight is 464 g/mol. The molecule has 0 bridgehead atoms. The fraction of sp³-hybridized carbons (Fsp3) is 0.381. The summed E-state index contributed by atoms with van der Waals surface area (Å²) in [6.45, 7) is 2.12. The summed E-state index contributed by atoms with van der Waals surface area (Å²) in [4.78, 5) is 22.0. The van der Waals surface area contributed by atoms with Gasteiger partial charge in [0, 0.05) is 19.2 Å². The zero-order valence-electron chi connectivity index (χ0n) is 17.5. The van der Waals surface area contributed by atoms with E-state index in [0.29, 0.717) is 18.4 Å². The third-order valence-corrected chi connectivity index (χ3v) is 7.18. The fourth-order valence-corrected chi connectivity index (χ4v) is 5.32. The van der Waals surface area contributed by atoms with Crippen molar-refractivity contribution >= 4 is 21.8 Å². The van der Waals surface area contributed by atoms with Crippen molar-refractivity contribution in [1.82, 2.24) is 9.62 Å². The van der Waals surface area contributed by atoms with Crippen LogP contribution in [0.2, 0.25) is 0 Å². The monoisotopic (exact) mass is 463 g/mol. The molecule has 0 radical (unpaired) electrons. The molecule has 1 fully saturated rings. The summed E-state index contributed by atoms with van der Waals surface area (Å²) in [5.74, 6) is -0.241. The van der Waals surface area contributed by atoms with Crippen LogP contribution in [-0.2, 0) is 10.0 Å². The Morgan fingerprint density at radius 3 is 2.50 bits per heavy atom. The summed E-state index contributed by atoms with van der Waals surface area (Å²) >= 11 is 0. The maximum Gasteiger partial charge on any atom is 0.405 e. The molecular formula is C21H25N3O7S. The molecule has 1 aliphatic heterocycles. The molecule has 2 aromatic carbocycles. The highest BCUT2D eigenvalue weighted by Crippen LogP contribution is 2.31. The second-order valence-electron chi connectivity index (χ2n) is 7.64. The van der Waals surface area contributed by atoms with Gasteiger partial charge in [-0.25, -0.2) is 17.5 Å². The van der Waals surface area contributed by atoms with Crippen LogP contribution in [-0.4, -0.2) is 53.8 Å². The highest BCUT2D eigenvalue weighted by Gasteiger charge is 2.32. The van der Waals surface area contributed by atoms with Crippen molar-refractivity contribution in [2.45, 2.75) is 31.9 Å². The molecule has 11 heteroatoms. The van der Waals surface area contributed by atoms with E-state index in [1.807, 2.05) is 0 Å². The number of nitro groups is 1. The Morgan fingerprint density at radius 2 is 1.91 bits per heavy atom. The number of carboxylic acid groups (broad SMARTS) is 1. The number of sulfonamides is 1. The number of nitrogens with zero attached hydrogens (tertiary/aromatic N) is 2. The lowest BCUT2D eigenvalue weighted by Gasteiger charge is -2.32. The lowest BCUT2D eigenvalue weighted by Crippen LogP contribution is -2.45. The van der Waals surface area contributed by atoms with Gasteiger partial charge in [-0.3, -0.25) is 10.1 Å². The van der Waals surface area contributed by atoms with Crippen LogP contribution >= 0.6 is 0 Å². The van der Waals surface area contributed by atoms with Gasteiger partial charge in [-0.05, 0) is 37.0 Å². The zero-order valence-corrected chi connectivity index (χ0v) is 18.3. The molecule has 1 unspecified atom stereocenters. The van der Waals surface area contributed by atoms with Crippen LogP contribution in [0.5, 0.6) is 5.75 Å². The molecule has 0 saturated carbocycles. The summed E-state index contributed by atoms with van der Waals surface area (Å²) < 4.78 is 33.0. The molecule has 10 nitrogen and oxygen atoms in total. The van der Waals surface area contributed by atoms with Crippen molar-refractivity contribution in [3.05, 3.63) is 69.8 Å². The van der Waals surface area contributed by atoms with E-state index in [1.54, 1.807) is 49.4 Å². The number of hydrogen-bond donors (Lipinski definition) is 2. The number of rotatable bonds is 8. The minimum Gasteiger partial charge on any atom is -0.483 e. The van der Waals surface area contributed by atoms with Gasteiger partial charge in [0.15, 0.2) is 5.75 Å². The molecule has 32 heavy (non-hydrogen) atoms. The third kappa shape index (κ3) is 5.95. The molecule has 2 N–H and O–H groups in total. The topological polar surface area (TPSA) is 139 Å². The predicted octanol–water partition coefficient (Wildman–Crippen LogP) is 3.09. The first-order valence-electron chi connectivity index (χ1n) is 10.1. The first-order chi connectivity index (χ1) is 15.2. The molecule has 1 saturated heterocycles. The van der Waals surface area contributed by atoms with E-state index in [0.717, 1.165) is 5.56 Å². The van der Waals surface area contributed by atoms with E-state index < -0.39 is 32.8 Å². The minimum absolute atomic E-state index is 0.120. The Kier molecular flexibility index (Phi) is 7.31. The summed E-state index contributed by atoms with van der Waals surface area (Å²) in [6.07, 6.45) is -0.926. The Hall–Kier alpha value is -3.18. The largest absolute Gasteiger partial charge is 0.483 e. The molecular weight excluding hydrogens is 438 g/mol. The highest BCUT2D eigenvalue weighted by molar-refractivity contribution is 7.89. The molecule has 0 aliphatic carbocycles. The lowest BCUT2D eigenvalue weighted by molar-refractivity contribution is -0.386. The number of amides is 1. The van der Waals surface area contributed by atoms with Gasteiger partial charge in [-0.1, -0.05) is 36.4 Å². The van der Waals surface area contributed by atoms with E-state index in [2.05, 4.69) is 5.32 Å². The van der Waals surface area contributed by atoms with Gasteiger partial charge >= 0.3 is 11.8 Å². The molecule has 0 spiro atoms. The van der Waals surface area contributed by atoms with Crippen molar-refractivity contribution in [1.29, 1.82) is 0 Å². The summed E-state index contributed by atoms with van der Waals surface area (Å²) in [7, 11) is -3.76. The van der Waals surface area contributed by atoms with Crippen LogP contribution in [0.15, 0.2) is 48.5 Å². The van der Waals surface area contributed by atoms with Crippen LogP contribution in [0.3, 0.4) is 0 Å². The zero-order chi connectivity index (χ0) is 23.3. The summed E-state index contributed by atoms with van der Waals surface area (Å²) in [5.41, 5.74) is 1.18. The van der Waals surface area contributed by atoms with Crippen LogP contribution < -0.4 is 10.1 Å². The van der Waals surface area contributed by atoms with Crippen molar-refractivity contribution in [3.63, 3.8) is 0 Å². The number of aryl methyl sites for hydroxylation is 1. The number of nitro benzene ring substituents is 1. The van der Waals surface area contributed by atoms with E-state index in [1.165, 1.54) is 10.4 Å². The summed E-state index contributed by atoms with van der Waals surface area (Å²) in [5, 5.41) is 22.7. The van der Waals surface area contributed by atoms with Crippen molar-refractivity contribution < 1.29 is 28.0 Å². The Bertz CT molecular complexity index is 1070. The fourth-order valence-electron chi connectivity index (χ4n) is 3.65. The normalized spacial score (nSPS) is 16.3. The van der Waals surface area contributed by atoms with Crippen molar-refractivity contribution in [2.75, 3.05) is 18.8 Å². The molecule has 1 amide bonds. The molecule has 0 aromatic heterocycles. The molecule has 1 atom stereocenters. The molecule has 1 aliphatic rings. The summed E-state index contributed by atoms with van der Waals surface area (Å²) in [6, 6.07) is 12.3. The second kappa shape index (κ2) is 9.96. The van der Waals surface area contributed by atoms with E-state index >= 15 is 0 Å². The lowest BCUT2D eigenvalue weighted by atomic mass is 10.1. The number of carbonyl (C=O) groups is 1. The number of nitrogens with one attached hydrogen (secondary N) is 1. The maximum atomic E-state index is 13.0. The first kappa shape index (κ1) is 23.5. The van der Waals surface area contributed by atoms with E-state index in [4.69, 9.17) is 9.84 Å². The van der Waals surface area contributed by atoms with Gasteiger partial charge in [0.1, 0.15) is 6.10 Å². The Balaban J connectivity index is 1.65. The molecule has 172 valence electrons. The molecule has 1 heterocycles. The third-order valence-electron chi connectivity index (χ3n) is 5.28. The van der Waals surface area contributed by atoms with E-state index in [9.17, 15) is 23.3 Å². The molecule has 2 aromatic rings. The second-order valence-corrected chi connectivity index (χ2v) is 9.65. The number of ether oxygens (including phenoxy) is 1. The standard InChI is InChI=1S/C21H25N3O7S/c1-15-7-8-20(19(13-15)24(27)28)31-17-9-11-23(12-10-17)32(29,30)14-18(22-21(25)26)16-5-3-2-4-6-16/h2-8,13,17-18,22H,9-12,14H2,1H3,(H,25,26). The Labute approximate surface area is 186 Å². The van der Waals surface area contributed by atoms with Gasteiger partial charge in [0.05, 0.1) is 16.7 Å². The van der Waals surface area contributed by atoms with Crippen LogP contribution in [0.25, 0.3) is 0 Å². The number of piperidine rings is 1.